The van der Waals surface area contributed by atoms with E-state index in [1.807, 2.05) is 13.8 Å². The van der Waals surface area contributed by atoms with Gasteiger partial charge in [0.25, 0.3) is 0 Å². The van der Waals surface area contributed by atoms with Crippen LogP contribution in [-0.4, -0.2) is 38.9 Å². The molecule has 0 N–H and O–H groups in total. The molecule has 0 aliphatic carbocycles. The fourth-order valence-electron chi connectivity index (χ4n) is 1.53. The molecular weight excluding hydrogens is 228 g/mol. The first kappa shape index (κ1) is 15.6. The summed E-state index contributed by atoms with van der Waals surface area (Å²) in [5.41, 5.74) is 0. The minimum absolute atomic E-state index is 0.0104. The molecule has 0 saturated carbocycles. The predicted octanol–water partition coefficient (Wildman–Crippen LogP) is 1.44. The summed E-state index contributed by atoms with van der Waals surface area (Å²) in [5, 5.41) is 0. The first-order valence-corrected chi connectivity index (χ1v) is 7.42. The van der Waals surface area contributed by atoms with E-state index >= 15 is 0 Å². The van der Waals surface area contributed by atoms with Gasteiger partial charge >= 0.3 is 0 Å². The fourth-order valence-corrected chi connectivity index (χ4v) is 2.40. The van der Waals surface area contributed by atoms with Crippen molar-refractivity contribution < 1.29 is 17.9 Å². The molecule has 0 aliphatic rings. The van der Waals surface area contributed by atoms with Crippen LogP contribution in [0, 0.1) is 5.92 Å². The van der Waals surface area contributed by atoms with Crippen LogP contribution in [0.15, 0.2) is 0 Å². The maximum Gasteiger partial charge on any atom is 0.161 e. The van der Waals surface area contributed by atoms with Gasteiger partial charge in [0.2, 0.25) is 0 Å². The highest BCUT2D eigenvalue weighted by Crippen LogP contribution is 2.10. The third-order valence-corrected chi connectivity index (χ3v) is 4.29. The van der Waals surface area contributed by atoms with E-state index in [1.165, 1.54) is 7.11 Å². The lowest BCUT2D eigenvalue weighted by Crippen LogP contribution is -2.28. The van der Waals surface area contributed by atoms with Gasteiger partial charge in [0, 0.05) is 19.3 Å². The van der Waals surface area contributed by atoms with Crippen molar-refractivity contribution in [3.05, 3.63) is 0 Å². The number of ether oxygens (including phenoxy) is 1. The number of carbonyl (C=O) groups excluding carboxylic acids is 1. The second-order valence-corrected chi connectivity index (χ2v) is 6.68. The molecule has 1 unspecified atom stereocenters. The van der Waals surface area contributed by atoms with E-state index in [0.29, 0.717) is 6.42 Å². The molecule has 0 aromatic rings. The molecule has 0 fully saturated rings. The number of sulfone groups is 1. The zero-order valence-electron chi connectivity index (χ0n) is 10.5. The van der Waals surface area contributed by atoms with Crippen molar-refractivity contribution in [3.8, 4) is 0 Å². The molecule has 16 heavy (non-hydrogen) atoms. The molecule has 0 bridgehead atoms. The highest BCUT2D eigenvalue weighted by Gasteiger charge is 2.21. The Morgan fingerprint density at radius 1 is 1.31 bits per heavy atom. The summed E-state index contributed by atoms with van der Waals surface area (Å²) in [6, 6.07) is 0. The Balaban J connectivity index is 4.08. The molecule has 0 spiro atoms. The van der Waals surface area contributed by atoms with Crippen LogP contribution in [0.3, 0.4) is 0 Å². The van der Waals surface area contributed by atoms with Crippen LogP contribution in [0.5, 0.6) is 0 Å². The molecule has 5 heteroatoms. The van der Waals surface area contributed by atoms with E-state index in [4.69, 9.17) is 4.74 Å². The number of ketones is 1. The zero-order chi connectivity index (χ0) is 12.8. The van der Waals surface area contributed by atoms with E-state index in [9.17, 15) is 13.2 Å². The topological polar surface area (TPSA) is 60.4 Å². The van der Waals surface area contributed by atoms with Gasteiger partial charge in [-0.15, -0.1) is 0 Å². The summed E-state index contributed by atoms with van der Waals surface area (Å²) in [6.45, 7) is 5.44. The Labute approximate surface area is 98.3 Å². The first-order valence-electron chi connectivity index (χ1n) is 5.60. The lowest BCUT2D eigenvalue weighted by Gasteiger charge is -2.17. The minimum atomic E-state index is -2.96. The average Bonchev–Trinajstić information content (AvgIpc) is 2.18. The Hall–Kier alpha value is -0.420. The average molecular weight is 250 g/mol. The van der Waals surface area contributed by atoms with Crippen LogP contribution < -0.4 is 0 Å². The Morgan fingerprint density at radius 2 is 1.88 bits per heavy atom. The molecule has 0 radical (unpaired) electrons. The van der Waals surface area contributed by atoms with E-state index in [-0.39, 0.29) is 29.6 Å². The summed E-state index contributed by atoms with van der Waals surface area (Å²) in [7, 11) is -1.46. The van der Waals surface area contributed by atoms with Gasteiger partial charge in [0.1, 0.15) is 15.9 Å². The maximum atomic E-state index is 11.7. The van der Waals surface area contributed by atoms with E-state index in [2.05, 4.69) is 0 Å². The van der Waals surface area contributed by atoms with E-state index in [1.54, 1.807) is 6.92 Å². The summed E-state index contributed by atoms with van der Waals surface area (Å²) >= 11 is 0. The molecule has 0 amide bonds. The summed E-state index contributed by atoms with van der Waals surface area (Å²) in [6.07, 6.45) is 0.252. The standard InChI is InChI=1S/C11H22O4S/c1-5-16(13,14)8-6-7-10(12)11(15-4)9(2)3/h9,11H,5-8H2,1-4H3. The molecule has 1 atom stereocenters. The molecule has 0 saturated heterocycles. The Bertz CT molecular complexity index is 306. The molecule has 0 aromatic carbocycles. The fraction of sp³-hybridized carbons (Fsp3) is 0.909. The van der Waals surface area contributed by atoms with Crippen LogP contribution >= 0.6 is 0 Å². The van der Waals surface area contributed by atoms with Crippen molar-refractivity contribution in [2.45, 2.75) is 39.7 Å². The van der Waals surface area contributed by atoms with Gasteiger partial charge in [-0.3, -0.25) is 4.79 Å². The summed E-state index contributed by atoms with van der Waals surface area (Å²) < 4.78 is 27.5. The largest absolute Gasteiger partial charge is 0.373 e. The van der Waals surface area contributed by atoms with Gasteiger partial charge in [-0.2, -0.15) is 0 Å². The maximum absolute atomic E-state index is 11.7. The highest BCUT2D eigenvalue weighted by atomic mass is 32.2. The Morgan fingerprint density at radius 3 is 2.25 bits per heavy atom. The van der Waals surface area contributed by atoms with Crippen LogP contribution in [0.2, 0.25) is 0 Å². The van der Waals surface area contributed by atoms with Gasteiger partial charge < -0.3 is 4.74 Å². The van der Waals surface area contributed by atoms with E-state index in [0.717, 1.165) is 0 Å². The van der Waals surface area contributed by atoms with Gasteiger partial charge in [-0.25, -0.2) is 8.42 Å². The molecule has 4 nitrogen and oxygen atoms in total. The Kier molecular flexibility index (Phi) is 6.83. The normalized spacial score (nSPS) is 14.1. The highest BCUT2D eigenvalue weighted by molar-refractivity contribution is 7.91. The lowest BCUT2D eigenvalue weighted by molar-refractivity contribution is -0.131. The SMILES string of the molecule is CCS(=O)(=O)CCCC(=O)C(OC)C(C)C. The predicted molar refractivity (Wildman–Crippen MR) is 64.2 cm³/mol. The smallest absolute Gasteiger partial charge is 0.161 e. The third-order valence-electron chi connectivity index (χ3n) is 2.50. The van der Waals surface area contributed by atoms with Crippen molar-refractivity contribution in [3.63, 3.8) is 0 Å². The van der Waals surface area contributed by atoms with E-state index < -0.39 is 15.9 Å². The van der Waals surface area contributed by atoms with Gasteiger partial charge in [0.15, 0.2) is 5.78 Å². The van der Waals surface area contributed by atoms with Crippen LogP contribution in [0.4, 0.5) is 0 Å². The van der Waals surface area contributed by atoms with Crippen molar-refractivity contribution in [1.82, 2.24) is 0 Å². The first-order chi connectivity index (χ1) is 7.34. The number of Topliss-reactive ketones (excluding diaryl/α,β-unsaturated/α-hetero) is 1. The van der Waals surface area contributed by atoms with Crippen molar-refractivity contribution in [2.24, 2.45) is 5.92 Å². The van der Waals surface area contributed by atoms with Crippen LogP contribution in [-0.2, 0) is 19.4 Å². The van der Waals surface area contributed by atoms with Crippen molar-refractivity contribution >= 4 is 15.6 Å². The zero-order valence-corrected chi connectivity index (χ0v) is 11.3. The molecule has 0 heterocycles. The number of rotatable bonds is 8. The second kappa shape index (κ2) is 7.01. The molecular formula is C11H22O4S. The van der Waals surface area contributed by atoms with Crippen molar-refractivity contribution in [2.75, 3.05) is 18.6 Å². The summed E-state index contributed by atoms with van der Waals surface area (Å²) in [5.74, 6) is 0.340. The monoisotopic (exact) mass is 250 g/mol. The molecule has 96 valence electrons. The molecule has 0 rings (SSSR count). The van der Waals surface area contributed by atoms with Gasteiger partial charge in [-0.1, -0.05) is 20.8 Å². The molecule has 0 aromatic heterocycles. The number of methoxy groups -OCH3 is 1. The second-order valence-electron chi connectivity index (χ2n) is 4.21. The number of carbonyl (C=O) groups is 1. The van der Waals surface area contributed by atoms with Gasteiger partial charge in [-0.05, 0) is 12.3 Å². The van der Waals surface area contributed by atoms with Crippen molar-refractivity contribution in [1.29, 1.82) is 0 Å². The molecule has 0 aliphatic heterocycles. The van der Waals surface area contributed by atoms with Gasteiger partial charge in [0.05, 0.1) is 5.75 Å². The quantitative estimate of drug-likeness (QED) is 0.654. The number of hydrogen-bond acceptors (Lipinski definition) is 4. The van der Waals surface area contributed by atoms with Crippen LogP contribution in [0.25, 0.3) is 0 Å². The lowest BCUT2D eigenvalue weighted by atomic mass is 10.0. The number of hydrogen-bond donors (Lipinski definition) is 0. The minimum Gasteiger partial charge on any atom is -0.373 e. The summed E-state index contributed by atoms with van der Waals surface area (Å²) in [4.78, 5) is 11.7. The van der Waals surface area contributed by atoms with Crippen LogP contribution in [0.1, 0.15) is 33.6 Å². The third kappa shape index (κ3) is 5.61.